The summed E-state index contributed by atoms with van der Waals surface area (Å²) >= 11 is 7.17. The Morgan fingerprint density at radius 3 is 2.18 bits per heavy atom. The van der Waals surface area contributed by atoms with Crippen molar-refractivity contribution in [2.24, 2.45) is 0 Å². The molecule has 2 aromatic carbocycles. The van der Waals surface area contributed by atoms with Crippen molar-refractivity contribution in [2.75, 3.05) is 40.7 Å². The minimum absolute atomic E-state index is 0.112. The van der Waals surface area contributed by atoms with Gasteiger partial charge in [0.15, 0.2) is 0 Å². The van der Waals surface area contributed by atoms with Gasteiger partial charge >= 0.3 is 0 Å². The van der Waals surface area contributed by atoms with E-state index in [1.54, 1.807) is 24.3 Å². The van der Waals surface area contributed by atoms with E-state index in [4.69, 9.17) is 11.6 Å². The first-order chi connectivity index (χ1) is 15.5. The third-order valence-corrected chi connectivity index (χ3v) is 9.21. The van der Waals surface area contributed by atoms with Crippen molar-refractivity contribution >= 4 is 50.0 Å². The third kappa shape index (κ3) is 5.28. The van der Waals surface area contributed by atoms with Crippen molar-refractivity contribution < 1.29 is 12.8 Å². The standard InChI is InChI=1S/C24H27ClFN3O2S2/c1-24(2,3)22-10-11-23(32-22)33(30,31)27-19-6-4-5-7-21(19)29-14-12-28(13-15-29)20-9-8-17(25)16-18(20)26/h4-11,16,27H,12-15H2,1-3H3. The van der Waals surface area contributed by atoms with Crippen LogP contribution in [0.25, 0.3) is 0 Å². The Morgan fingerprint density at radius 1 is 0.939 bits per heavy atom. The lowest BCUT2D eigenvalue weighted by Gasteiger charge is -2.38. The lowest BCUT2D eigenvalue weighted by Crippen LogP contribution is -2.47. The predicted octanol–water partition coefficient (Wildman–Crippen LogP) is 5.97. The fraction of sp³-hybridized carbons (Fsp3) is 0.333. The van der Waals surface area contributed by atoms with E-state index in [1.165, 1.54) is 17.4 Å². The summed E-state index contributed by atoms with van der Waals surface area (Å²) in [5.74, 6) is -0.338. The number of para-hydroxylation sites is 2. The summed E-state index contributed by atoms with van der Waals surface area (Å²) in [6, 6.07) is 15.6. The van der Waals surface area contributed by atoms with Gasteiger partial charge < -0.3 is 9.80 Å². The third-order valence-electron chi connectivity index (χ3n) is 5.60. The van der Waals surface area contributed by atoms with Gasteiger partial charge in [0.25, 0.3) is 10.0 Å². The summed E-state index contributed by atoms with van der Waals surface area (Å²) < 4.78 is 43.6. The molecule has 1 aliphatic heterocycles. The highest BCUT2D eigenvalue weighted by atomic mass is 35.5. The Morgan fingerprint density at radius 2 is 1.58 bits per heavy atom. The highest BCUT2D eigenvalue weighted by Gasteiger charge is 2.25. The first-order valence-corrected chi connectivity index (χ1v) is 13.4. The van der Waals surface area contributed by atoms with Crippen molar-refractivity contribution in [3.8, 4) is 0 Å². The van der Waals surface area contributed by atoms with E-state index < -0.39 is 10.0 Å². The number of rotatable bonds is 5. The molecule has 33 heavy (non-hydrogen) atoms. The van der Waals surface area contributed by atoms with Crippen LogP contribution in [0.1, 0.15) is 25.6 Å². The summed E-state index contributed by atoms with van der Waals surface area (Å²) in [7, 11) is -3.71. The molecule has 0 atom stereocenters. The summed E-state index contributed by atoms with van der Waals surface area (Å²) in [6.07, 6.45) is 0. The van der Waals surface area contributed by atoms with E-state index in [1.807, 2.05) is 29.2 Å². The summed E-state index contributed by atoms with van der Waals surface area (Å²) in [5, 5.41) is 0.372. The van der Waals surface area contributed by atoms with Crippen LogP contribution < -0.4 is 14.5 Å². The second kappa shape index (κ2) is 9.16. The number of hydrogen-bond donors (Lipinski definition) is 1. The Labute approximate surface area is 203 Å². The van der Waals surface area contributed by atoms with E-state index in [0.29, 0.717) is 46.8 Å². The molecule has 0 radical (unpaired) electrons. The Bertz CT molecular complexity index is 1250. The minimum Gasteiger partial charge on any atom is -0.366 e. The number of hydrogen-bond acceptors (Lipinski definition) is 5. The number of nitrogens with zero attached hydrogens (tertiary/aromatic N) is 2. The maximum atomic E-state index is 14.3. The van der Waals surface area contributed by atoms with Gasteiger partial charge in [0, 0.05) is 36.1 Å². The van der Waals surface area contributed by atoms with E-state index in [0.717, 1.165) is 10.6 Å². The summed E-state index contributed by atoms with van der Waals surface area (Å²) in [5.41, 5.74) is 1.76. The largest absolute Gasteiger partial charge is 0.366 e. The monoisotopic (exact) mass is 507 g/mol. The molecule has 0 bridgehead atoms. The number of thiophene rings is 1. The number of halogens is 2. The second-order valence-corrected chi connectivity index (χ2v) is 12.5. The SMILES string of the molecule is CC(C)(C)c1ccc(S(=O)(=O)Nc2ccccc2N2CCN(c3ccc(Cl)cc3F)CC2)s1. The Hall–Kier alpha value is -2.29. The van der Waals surface area contributed by atoms with Gasteiger partial charge in [0.2, 0.25) is 0 Å². The molecule has 1 aliphatic rings. The van der Waals surface area contributed by atoms with Gasteiger partial charge in [-0.3, -0.25) is 4.72 Å². The maximum Gasteiger partial charge on any atom is 0.271 e. The van der Waals surface area contributed by atoms with Crippen LogP contribution in [0.15, 0.2) is 58.8 Å². The van der Waals surface area contributed by atoms with Gasteiger partial charge in [0.1, 0.15) is 10.0 Å². The molecular formula is C24H27ClFN3O2S2. The summed E-state index contributed by atoms with van der Waals surface area (Å²) in [6.45, 7) is 8.68. The smallest absolute Gasteiger partial charge is 0.271 e. The first kappa shape index (κ1) is 23.9. The van der Waals surface area contributed by atoms with Crippen molar-refractivity contribution in [3.63, 3.8) is 0 Å². The number of piperazine rings is 1. The quantitative estimate of drug-likeness (QED) is 0.462. The predicted molar refractivity (Wildman–Crippen MR) is 136 cm³/mol. The molecule has 0 amide bonds. The van der Waals surface area contributed by atoms with Crippen molar-refractivity contribution in [3.05, 3.63) is 70.3 Å². The Balaban J connectivity index is 1.51. The van der Waals surface area contributed by atoms with Gasteiger partial charge in [-0.2, -0.15) is 0 Å². The zero-order chi connectivity index (χ0) is 23.8. The van der Waals surface area contributed by atoms with E-state index >= 15 is 0 Å². The zero-order valence-corrected chi connectivity index (χ0v) is 21.2. The lowest BCUT2D eigenvalue weighted by atomic mass is 9.95. The normalized spacial score (nSPS) is 15.1. The Kier molecular flexibility index (Phi) is 6.62. The molecule has 5 nitrogen and oxygen atoms in total. The van der Waals surface area contributed by atoms with Crippen molar-refractivity contribution in [1.82, 2.24) is 0 Å². The average Bonchev–Trinajstić information content (AvgIpc) is 3.26. The highest BCUT2D eigenvalue weighted by molar-refractivity contribution is 7.94. The summed E-state index contributed by atoms with van der Waals surface area (Å²) in [4.78, 5) is 5.12. The minimum atomic E-state index is -3.71. The van der Waals surface area contributed by atoms with Crippen LogP contribution in [0.5, 0.6) is 0 Å². The van der Waals surface area contributed by atoms with Gasteiger partial charge in [0.05, 0.1) is 17.1 Å². The van der Waals surface area contributed by atoms with Crippen molar-refractivity contribution in [2.45, 2.75) is 30.4 Å². The highest BCUT2D eigenvalue weighted by Crippen LogP contribution is 2.35. The molecular weight excluding hydrogens is 481 g/mol. The molecule has 1 fully saturated rings. The van der Waals surface area contributed by atoms with Gasteiger partial charge in [-0.25, -0.2) is 12.8 Å². The van der Waals surface area contributed by atoms with Crippen LogP contribution in [0.4, 0.5) is 21.5 Å². The van der Waals surface area contributed by atoms with E-state index in [9.17, 15) is 12.8 Å². The second-order valence-electron chi connectivity index (χ2n) is 9.06. The van der Waals surface area contributed by atoms with Crippen LogP contribution in [-0.2, 0) is 15.4 Å². The molecule has 3 aromatic rings. The molecule has 9 heteroatoms. The molecule has 0 saturated carbocycles. The van der Waals surface area contributed by atoms with Crippen LogP contribution in [0, 0.1) is 5.82 Å². The molecule has 1 saturated heterocycles. The van der Waals surface area contributed by atoms with Crippen molar-refractivity contribution in [1.29, 1.82) is 0 Å². The lowest BCUT2D eigenvalue weighted by molar-refractivity contribution is 0.597. The number of anilines is 3. The molecule has 1 N–H and O–H groups in total. The molecule has 0 unspecified atom stereocenters. The van der Waals surface area contributed by atoms with Crippen LogP contribution in [0.3, 0.4) is 0 Å². The fourth-order valence-corrected chi connectivity index (χ4v) is 6.42. The zero-order valence-electron chi connectivity index (χ0n) is 18.8. The van der Waals surface area contributed by atoms with Crippen LogP contribution in [0.2, 0.25) is 5.02 Å². The van der Waals surface area contributed by atoms with Crippen LogP contribution in [-0.4, -0.2) is 34.6 Å². The van der Waals surface area contributed by atoms with Gasteiger partial charge in [-0.1, -0.05) is 44.5 Å². The first-order valence-electron chi connectivity index (χ1n) is 10.7. The van der Waals surface area contributed by atoms with Gasteiger partial charge in [-0.05, 0) is 47.9 Å². The fourth-order valence-electron chi connectivity index (χ4n) is 3.82. The number of benzene rings is 2. The molecule has 2 heterocycles. The number of sulfonamides is 1. The van der Waals surface area contributed by atoms with E-state index in [2.05, 4.69) is 30.4 Å². The average molecular weight is 508 g/mol. The topological polar surface area (TPSA) is 52.7 Å². The maximum absolute atomic E-state index is 14.3. The molecule has 4 rings (SSSR count). The number of nitrogens with one attached hydrogen (secondary N) is 1. The molecule has 0 aliphatic carbocycles. The van der Waals surface area contributed by atoms with Crippen LogP contribution >= 0.6 is 22.9 Å². The molecule has 0 spiro atoms. The molecule has 1 aromatic heterocycles. The molecule has 176 valence electrons. The van der Waals surface area contributed by atoms with E-state index in [-0.39, 0.29) is 11.2 Å². The van der Waals surface area contributed by atoms with Gasteiger partial charge in [-0.15, -0.1) is 11.3 Å².